The summed E-state index contributed by atoms with van der Waals surface area (Å²) >= 11 is 0. The van der Waals surface area contributed by atoms with Crippen molar-refractivity contribution < 1.29 is 29.0 Å². The summed E-state index contributed by atoms with van der Waals surface area (Å²) in [5.41, 5.74) is 0.386. The fourth-order valence-electron chi connectivity index (χ4n) is 6.51. The fraction of sp³-hybridized carbons (Fsp3) is 0.519. The molecule has 1 spiro atoms. The van der Waals surface area contributed by atoms with Crippen LogP contribution in [0, 0.1) is 25.7 Å². The quantitative estimate of drug-likeness (QED) is 0.512. The molecule has 0 saturated carbocycles. The summed E-state index contributed by atoms with van der Waals surface area (Å²) in [6, 6.07) is 4.92. The standard InChI is InChI=1S/C27H32N2O6/c1-4-26-11-7-16-34-25(33)20(26)19-23(31)29(14-8-15-30)22-24(32)28(13-6-12-27(19,22)35-26)21-17(2)9-5-10-18(21)3/h5-7,9-12,19-20,22,30H,4,8,13-16H2,1-3H3/t19-,20+,22?,26-,27-/m0/s1. The van der Waals surface area contributed by atoms with Crippen LogP contribution in [0.3, 0.4) is 0 Å². The fourth-order valence-corrected chi connectivity index (χ4v) is 6.51. The van der Waals surface area contributed by atoms with E-state index in [-0.39, 0.29) is 31.6 Å². The van der Waals surface area contributed by atoms with Crippen molar-refractivity contribution in [3.8, 4) is 0 Å². The van der Waals surface area contributed by atoms with Gasteiger partial charge in [0.25, 0.3) is 5.91 Å². The highest BCUT2D eigenvalue weighted by Crippen LogP contribution is 2.58. The highest BCUT2D eigenvalue weighted by Gasteiger charge is 2.75. The van der Waals surface area contributed by atoms with Crippen molar-refractivity contribution >= 4 is 23.5 Å². The molecular weight excluding hydrogens is 448 g/mol. The minimum atomic E-state index is -1.31. The average molecular weight is 481 g/mol. The number of likely N-dealkylation sites (tertiary alicyclic amines) is 1. The van der Waals surface area contributed by atoms with Crippen molar-refractivity contribution in [2.75, 3.05) is 31.2 Å². The van der Waals surface area contributed by atoms with Crippen LogP contribution in [0.4, 0.5) is 5.69 Å². The number of benzene rings is 1. The number of hydrogen-bond acceptors (Lipinski definition) is 6. The third-order valence-electron chi connectivity index (χ3n) is 7.96. The predicted molar refractivity (Wildman–Crippen MR) is 129 cm³/mol. The number of aliphatic hydroxyl groups excluding tert-OH is 1. The summed E-state index contributed by atoms with van der Waals surface area (Å²) in [5.74, 6) is -2.78. The lowest BCUT2D eigenvalue weighted by atomic mass is 9.73. The highest BCUT2D eigenvalue weighted by atomic mass is 16.6. The van der Waals surface area contributed by atoms with Crippen LogP contribution in [-0.4, -0.2) is 71.3 Å². The zero-order chi connectivity index (χ0) is 25.0. The van der Waals surface area contributed by atoms with Gasteiger partial charge in [-0.15, -0.1) is 0 Å². The summed E-state index contributed by atoms with van der Waals surface area (Å²) < 4.78 is 12.2. The molecule has 8 nitrogen and oxygen atoms in total. The Labute approximate surface area is 205 Å². The minimum Gasteiger partial charge on any atom is -0.461 e. The maximum atomic E-state index is 14.4. The van der Waals surface area contributed by atoms with Gasteiger partial charge in [0.05, 0.1) is 5.92 Å². The summed E-state index contributed by atoms with van der Waals surface area (Å²) in [7, 11) is 0. The highest BCUT2D eigenvalue weighted by molar-refractivity contribution is 6.06. The third kappa shape index (κ3) is 3.30. The van der Waals surface area contributed by atoms with E-state index in [0.29, 0.717) is 19.4 Å². The van der Waals surface area contributed by atoms with Gasteiger partial charge in [-0.25, -0.2) is 0 Å². The van der Waals surface area contributed by atoms with E-state index in [1.807, 2.05) is 57.2 Å². The Morgan fingerprint density at radius 2 is 1.80 bits per heavy atom. The van der Waals surface area contributed by atoms with Gasteiger partial charge in [0.1, 0.15) is 29.8 Å². The summed E-state index contributed by atoms with van der Waals surface area (Å²) in [6.07, 6.45) is 8.08. The molecule has 0 aliphatic carbocycles. The summed E-state index contributed by atoms with van der Waals surface area (Å²) in [5, 5.41) is 9.52. The number of rotatable bonds is 5. The van der Waals surface area contributed by atoms with Crippen LogP contribution in [0.15, 0.2) is 42.5 Å². The minimum absolute atomic E-state index is 0.118. The third-order valence-corrected chi connectivity index (χ3v) is 7.96. The lowest BCUT2D eigenvalue weighted by Gasteiger charge is -2.38. The second-order valence-corrected chi connectivity index (χ2v) is 9.85. The smallest absolute Gasteiger partial charge is 0.313 e. The number of fused-ring (bicyclic) bond motifs is 2. The van der Waals surface area contributed by atoms with Gasteiger partial charge >= 0.3 is 5.97 Å². The molecule has 2 amide bonds. The molecule has 2 saturated heterocycles. The number of cyclic esters (lactones) is 1. The number of carbonyl (C=O) groups excluding carboxylic acids is 3. The second kappa shape index (κ2) is 8.60. The van der Waals surface area contributed by atoms with Gasteiger partial charge < -0.3 is 24.4 Å². The van der Waals surface area contributed by atoms with Gasteiger partial charge in [0, 0.05) is 25.4 Å². The number of para-hydroxylation sites is 1. The van der Waals surface area contributed by atoms with Gasteiger partial charge in [0.15, 0.2) is 0 Å². The molecule has 4 aliphatic rings. The first-order valence-electron chi connectivity index (χ1n) is 12.3. The van der Waals surface area contributed by atoms with E-state index >= 15 is 0 Å². The van der Waals surface area contributed by atoms with E-state index in [1.165, 1.54) is 4.90 Å². The maximum Gasteiger partial charge on any atom is 0.313 e. The van der Waals surface area contributed by atoms with E-state index < -0.39 is 35.0 Å². The van der Waals surface area contributed by atoms with Crippen molar-refractivity contribution in [3.63, 3.8) is 0 Å². The number of aliphatic hydroxyl groups is 1. The zero-order valence-corrected chi connectivity index (χ0v) is 20.4. The van der Waals surface area contributed by atoms with E-state index in [9.17, 15) is 19.5 Å². The number of ether oxygens (including phenoxy) is 2. The van der Waals surface area contributed by atoms with E-state index in [0.717, 1.165) is 16.8 Å². The SMILES string of the molecule is CC[C@]12C=CCOC(=O)[C@H]1[C@H]1C(=O)N(CCCO)C3C(=O)N(c4c(C)cccc4C)CC=C[C@@]31O2. The lowest BCUT2D eigenvalue weighted by molar-refractivity contribution is -0.157. The van der Waals surface area contributed by atoms with E-state index in [1.54, 1.807) is 11.0 Å². The first-order chi connectivity index (χ1) is 16.8. The van der Waals surface area contributed by atoms with Crippen molar-refractivity contribution in [3.05, 3.63) is 53.6 Å². The number of esters is 1. The van der Waals surface area contributed by atoms with E-state index in [4.69, 9.17) is 9.47 Å². The molecule has 4 aliphatic heterocycles. The Kier molecular flexibility index (Phi) is 5.84. The number of hydrogen-bond donors (Lipinski definition) is 1. The van der Waals surface area contributed by atoms with E-state index in [2.05, 4.69) is 0 Å². The molecular formula is C27H32N2O6. The molecule has 186 valence electrons. The first kappa shape index (κ1) is 23.8. The normalized spacial score (nSPS) is 33.8. The molecule has 0 bridgehead atoms. The van der Waals surface area contributed by atoms with Gasteiger partial charge in [0.2, 0.25) is 5.91 Å². The van der Waals surface area contributed by atoms with Crippen LogP contribution < -0.4 is 4.90 Å². The van der Waals surface area contributed by atoms with Crippen LogP contribution in [0.5, 0.6) is 0 Å². The summed E-state index contributed by atoms with van der Waals surface area (Å²) in [4.78, 5) is 44.8. The summed E-state index contributed by atoms with van der Waals surface area (Å²) in [6.45, 7) is 6.37. The molecule has 0 radical (unpaired) electrons. The zero-order valence-electron chi connectivity index (χ0n) is 20.4. The number of carbonyl (C=O) groups is 3. The number of amides is 2. The number of anilines is 1. The molecule has 1 unspecified atom stereocenters. The van der Waals surface area contributed by atoms with Gasteiger partial charge in [-0.2, -0.15) is 0 Å². The molecule has 0 aromatic heterocycles. The van der Waals surface area contributed by atoms with Crippen LogP contribution in [-0.2, 0) is 23.9 Å². The number of aryl methyl sites for hydroxylation is 2. The Morgan fingerprint density at radius 1 is 1.06 bits per heavy atom. The molecule has 35 heavy (non-hydrogen) atoms. The van der Waals surface area contributed by atoms with Crippen molar-refractivity contribution in [2.24, 2.45) is 11.8 Å². The monoisotopic (exact) mass is 480 g/mol. The van der Waals surface area contributed by atoms with Gasteiger partial charge in [-0.3, -0.25) is 14.4 Å². The Hall–Kier alpha value is -2.97. The topological polar surface area (TPSA) is 96.4 Å². The average Bonchev–Trinajstić information content (AvgIpc) is 3.10. The van der Waals surface area contributed by atoms with Crippen LogP contribution >= 0.6 is 0 Å². The van der Waals surface area contributed by atoms with Crippen molar-refractivity contribution in [1.29, 1.82) is 0 Å². The predicted octanol–water partition coefficient (Wildman–Crippen LogP) is 2.06. The van der Waals surface area contributed by atoms with Crippen molar-refractivity contribution in [2.45, 2.75) is 50.9 Å². The molecule has 1 aromatic rings. The molecule has 4 heterocycles. The lowest BCUT2D eigenvalue weighted by Crippen LogP contribution is -2.56. The van der Waals surface area contributed by atoms with Crippen LogP contribution in [0.2, 0.25) is 0 Å². The maximum absolute atomic E-state index is 14.4. The second-order valence-electron chi connectivity index (χ2n) is 9.85. The van der Waals surface area contributed by atoms with Crippen molar-refractivity contribution in [1.82, 2.24) is 4.90 Å². The molecule has 8 heteroatoms. The Bertz CT molecular complexity index is 1110. The van der Waals surface area contributed by atoms with Crippen LogP contribution in [0.25, 0.3) is 0 Å². The Morgan fingerprint density at radius 3 is 2.49 bits per heavy atom. The first-order valence-corrected chi connectivity index (χ1v) is 12.3. The largest absolute Gasteiger partial charge is 0.461 e. The van der Waals surface area contributed by atoms with Gasteiger partial charge in [-0.1, -0.05) is 43.4 Å². The van der Waals surface area contributed by atoms with Gasteiger partial charge in [-0.05, 0) is 43.9 Å². The molecule has 1 N–H and O–H groups in total. The number of nitrogens with zero attached hydrogens (tertiary/aromatic N) is 2. The molecule has 5 atom stereocenters. The Balaban J connectivity index is 1.68. The molecule has 5 rings (SSSR count). The molecule has 2 fully saturated rings. The molecule has 1 aromatic carbocycles. The van der Waals surface area contributed by atoms with Crippen LogP contribution in [0.1, 0.15) is 30.9 Å².